The molecule has 0 N–H and O–H groups in total. The molecule has 11 heavy (non-hydrogen) atoms. The van der Waals surface area contributed by atoms with Crippen molar-refractivity contribution in [3.63, 3.8) is 0 Å². The Balaban J connectivity index is 3.96. The first-order valence-electron chi connectivity index (χ1n) is 3.53. The molecule has 6 heteroatoms. The Morgan fingerprint density at radius 1 is 1.45 bits per heavy atom. The van der Waals surface area contributed by atoms with E-state index in [2.05, 4.69) is 0 Å². The van der Waals surface area contributed by atoms with Gasteiger partial charge in [-0.15, -0.1) is 0 Å². The lowest BCUT2D eigenvalue weighted by Gasteiger charge is -2.19. The third-order valence-electron chi connectivity index (χ3n) is 1.67. The van der Waals surface area contributed by atoms with Gasteiger partial charge in [-0.2, -0.15) is 0 Å². The van der Waals surface area contributed by atoms with Gasteiger partial charge in [-0.1, -0.05) is 13.0 Å². The van der Waals surface area contributed by atoms with Crippen LogP contribution in [0.4, 0.5) is 17.6 Å². The molecule has 0 spiro atoms. The number of alkyl halides is 4. The van der Waals surface area contributed by atoms with Gasteiger partial charge in [-0.25, -0.2) is 17.6 Å². The molecule has 0 aliphatic heterocycles. The summed E-state index contributed by atoms with van der Waals surface area (Å²) in [6, 6.07) is -2.14. The molecule has 0 nitrogen and oxygen atoms in total. The van der Waals surface area contributed by atoms with Crippen LogP contribution < -0.4 is 0 Å². The summed E-state index contributed by atoms with van der Waals surface area (Å²) < 4.78 is 48.6. The molecule has 0 fully saturated rings. The van der Waals surface area contributed by atoms with Crippen LogP contribution in [0.3, 0.4) is 0 Å². The highest BCUT2D eigenvalue weighted by Gasteiger charge is 2.36. The van der Waals surface area contributed by atoms with Crippen molar-refractivity contribution >= 4 is 17.4 Å². The minimum Gasteiger partial charge on any atom is -0.217 e. The van der Waals surface area contributed by atoms with Gasteiger partial charge in [0.1, 0.15) is 17.4 Å². The fourth-order valence-electron chi connectivity index (χ4n) is 0.947. The lowest BCUT2D eigenvalue weighted by atomic mass is 10.8. The maximum atomic E-state index is 12.5. The SMILES string of the molecule is CC[SiH]([SiH2]C(F)F)C(C)(F)F. The topological polar surface area (TPSA) is 0 Å². The molecule has 0 rings (SSSR count). The minimum absolute atomic E-state index is 0.292. The molecule has 0 saturated heterocycles. The standard InChI is InChI=1S/C5H12F4Si2/c1-3-11(5(2,8)9)10-4(6)7/h4,11H,3,10H2,1-2H3. The number of halogens is 4. The van der Waals surface area contributed by atoms with E-state index in [9.17, 15) is 17.6 Å². The minimum atomic E-state index is -2.78. The van der Waals surface area contributed by atoms with E-state index in [4.69, 9.17) is 0 Å². The molecule has 0 aromatic heterocycles. The Labute approximate surface area is 67.2 Å². The average molecular weight is 204 g/mol. The van der Waals surface area contributed by atoms with E-state index in [0.717, 1.165) is 6.92 Å². The molecular formula is C5H12F4Si2. The Hall–Kier alpha value is 0.154. The molecule has 0 heterocycles. The Bertz CT molecular complexity index is 112. The molecular weight excluding hydrogens is 192 g/mol. The van der Waals surface area contributed by atoms with Crippen LogP contribution in [0.15, 0.2) is 0 Å². The van der Waals surface area contributed by atoms with Crippen LogP contribution in [-0.4, -0.2) is 28.9 Å². The van der Waals surface area contributed by atoms with Crippen molar-refractivity contribution in [2.24, 2.45) is 0 Å². The average Bonchev–Trinajstić information content (AvgIpc) is 1.79. The lowest BCUT2D eigenvalue weighted by molar-refractivity contribution is 0.110. The van der Waals surface area contributed by atoms with Gasteiger partial charge in [0, 0.05) is 0 Å². The van der Waals surface area contributed by atoms with E-state index >= 15 is 0 Å². The van der Waals surface area contributed by atoms with Crippen molar-refractivity contribution in [2.75, 3.05) is 0 Å². The highest BCUT2D eigenvalue weighted by Crippen LogP contribution is 2.19. The second-order valence-corrected chi connectivity index (χ2v) is 11.4. The third kappa shape index (κ3) is 4.57. The van der Waals surface area contributed by atoms with E-state index in [1.807, 2.05) is 0 Å². The molecule has 0 aliphatic carbocycles. The first kappa shape index (κ1) is 11.2. The highest BCUT2D eigenvalue weighted by atomic mass is 29.2. The summed E-state index contributed by atoms with van der Waals surface area (Å²) in [5.41, 5.74) is -2.78. The van der Waals surface area contributed by atoms with Crippen molar-refractivity contribution < 1.29 is 17.6 Å². The predicted molar refractivity (Wildman–Crippen MR) is 42.8 cm³/mol. The van der Waals surface area contributed by atoms with E-state index < -0.39 is 28.9 Å². The molecule has 0 bridgehead atoms. The summed E-state index contributed by atoms with van der Waals surface area (Å²) in [7, 11) is -4.19. The molecule has 0 aliphatic rings. The van der Waals surface area contributed by atoms with Crippen LogP contribution in [0.1, 0.15) is 13.8 Å². The zero-order valence-corrected chi connectivity index (χ0v) is 9.15. The van der Waals surface area contributed by atoms with Crippen molar-refractivity contribution in [1.29, 1.82) is 0 Å². The summed E-state index contributed by atoms with van der Waals surface area (Å²) in [6.45, 7) is 2.37. The van der Waals surface area contributed by atoms with Crippen molar-refractivity contribution in [1.82, 2.24) is 0 Å². The molecule has 0 aromatic rings. The molecule has 1 unspecified atom stereocenters. The second-order valence-electron chi connectivity index (χ2n) is 2.69. The van der Waals surface area contributed by atoms with Gasteiger partial charge in [-0.05, 0) is 6.92 Å². The molecule has 68 valence electrons. The van der Waals surface area contributed by atoms with Crippen LogP contribution in [-0.2, 0) is 0 Å². The predicted octanol–water partition coefficient (Wildman–Crippen LogP) is 1.32. The van der Waals surface area contributed by atoms with Crippen molar-refractivity contribution in [3.05, 3.63) is 0 Å². The van der Waals surface area contributed by atoms with Crippen LogP contribution in [0.2, 0.25) is 6.04 Å². The number of hydrogen-bond donors (Lipinski definition) is 0. The maximum Gasteiger partial charge on any atom is 0.221 e. The zero-order valence-electron chi connectivity index (χ0n) is 6.58. The summed E-state index contributed by atoms with van der Waals surface area (Å²) in [6.07, 6.45) is 0. The van der Waals surface area contributed by atoms with E-state index in [-0.39, 0.29) is 0 Å². The van der Waals surface area contributed by atoms with Crippen LogP contribution in [0, 0.1) is 0 Å². The maximum absolute atomic E-state index is 12.5. The van der Waals surface area contributed by atoms with Gasteiger partial charge in [0.2, 0.25) is 11.6 Å². The fraction of sp³-hybridized carbons (Fsp3) is 1.00. The van der Waals surface area contributed by atoms with E-state index in [1.165, 1.54) is 0 Å². The lowest BCUT2D eigenvalue weighted by Crippen LogP contribution is -2.43. The molecule has 0 radical (unpaired) electrons. The largest absolute Gasteiger partial charge is 0.221 e. The fourth-order valence-corrected chi connectivity index (χ4v) is 6.37. The Morgan fingerprint density at radius 2 is 1.91 bits per heavy atom. The first-order valence-corrected chi connectivity index (χ1v) is 9.01. The molecule has 0 aromatic carbocycles. The van der Waals surface area contributed by atoms with E-state index in [0.29, 0.717) is 6.04 Å². The van der Waals surface area contributed by atoms with Gasteiger partial charge >= 0.3 is 0 Å². The summed E-state index contributed by atoms with van der Waals surface area (Å²) in [4.78, 5) is 0. The summed E-state index contributed by atoms with van der Waals surface area (Å²) >= 11 is 0. The monoisotopic (exact) mass is 204 g/mol. The number of hydrogen-bond acceptors (Lipinski definition) is 0. The smallest absolute Gasteiger partial charge is 0.217 e. The van der Waals surface area contributed by atoms with Gasteiger partial charge < -0.3 is 0 Å². The summed E-state index contributed by atoms with van der Waals surface area (Å²) in [5.74, 6) is 0. The molecule has 1 atom stereocenters. The Kier molecular flexibility index (Phi) is 4.31. The number of rotatable bonds is 4. The van der Waals surface area contributed by atoms with Crippen molar-refractivity contribution in [3.8, 4) is 0 Å². The normalized spacial score (nSPS) is 16.6. The quantitative estimate of drug-likeness (QED) is 0.478. The van der Waals surface area contributed by atoms with Gasteiger partial charge in [0.25, 0.3) is 0 Å². The summed E-state index contributed by atoms with van der Waals surface area (Å²) in [5, 5.41) is 0. The van der Waals surface area contributed by atoms with Crippen LogP contribution in [0.5, 0.6) is 0 Å². The first-order chi connectivity index (χ1) is 4.88. The van der Waals surface area contributed by atoms with Crippen LogP contribution in [0.25, 0.3) is 0 Å². The highest BCUT2D eigenvalue weighted by molar-refractivity contribution is 7.13. The van der Waals surface area contributed by atoms with Gasteiger partial charge in [-0.3, -0.25) is 0 Å². The third-order valence-corrected chi connectivity index (χ3v) is 11.7. The van der Waals surface area contributed by atoms with Gasteiger partial charge in [0.15, 0.2) is 0 Å². The molecule has 0 amide bonds. The Morgan fingerprint density at radius 3 is 2.00 bits per heavy atom. The zero-order chi connectivity index (χ0) is 9.07. The second kappa shape index (κ2) is 4.25. The van der Waals surface area contributed by atoms with Crippen LogP contribution >= 0.6 is 0 Å². The molecule has 0 saturated carbocycles. The van der Waals surface area contributed by atoms with Crippen molar-refractivity contribution in [2.45, 2.75) is 31.5 Å². The van der Waals surface area contributed by atoms with Gasteiger partial charge in [0.05, 0.1) is 0 Å². The van der Waals surface area contributed by atoms with E-state index in [1.54, 1.807) is 6.92 Å².